The maximum Gasteiger partial charge on any atom is 0.247 e. The highest BCUT2D eigenvalue weighted by molar-refractivity contribution is 6.05. The molecule has 1 aliphatic heterocycles. The van der Waals surface area contributed by atoms with Crippen LogP contribution in [0, 0.1) is 11.8 Å². The first-order chi connectivity index (χ1) is 11.2. The summed E-state index contributed by atoms with van der Waals surface area (Å²) < 4.78 is 5.60. The lowest BCUT2D eigenvalue weighted by Crippen LogP contribution is -2.30. The fourth-order valence-corrected chi connectivity index (χ4v) is 3.17. The second kappa shape index (κ2) is 5.46. The average molecular weight is 309 g/mol. The van der Waals surface area contributed by atoms with Gasteiger partial charge in [0.25, 0.3) is 0 Å². The van der Waals surface area contributed by atoms with Gasteiger partial charge in [-0.2, -0.15) is 0 Å². The Bertz CT molecular complexity index is 755. The van der Waals surface area contributed by atoms with Crippen molar-refractivity contribution in [3.63, 3.8) is 0 Å². The monoisotopic (exact) mass is 309 g/mol. The van der Waals surface area contributed by atoms with E-state index in [1.165, 1.54) is 4.90 Å². The largest absolute Gasteiger partial charge is 0.419 e. The number of rotatable bonds is 3. The second-order valence-electron chi connectivity index (χ2n) is 5.79. The standard InChI is InChI=1S/C17H15N3O3/c21-16-12-8-4-5-9-13(12)17(22)20(16)10-14-18-19-15(23-14)11-6-2-1-3-7-11/h1-7,12-13H,8-10H2/t12-,13-/m1/s1. The van der Waals surface area contributed by atoms with E-state index in [9.17, 15) is 9.59 Å². The first-order valence-electron chi connectivity index (χ1n) is 7.62. The molecule has 4 rings (SSSR count). The Kier molecular flexibility index (Phi) is 3.29. The van der Waals surface area contributed by atoms with Gasteiger partial charge in [0.15, 0.2) is 0 Å². The molecule has 116 valence electrons. The molecule has 1 saturated heterocycles. The van der Waals surface area contributed by atoms with Gasteiger partial charge in [-0.05, 0) is 25.0 Å². The van der Waals surface area contributed by atoms with E-state index in [1.54, 1.807) is 0 Å². The summed E-state index contributed by atoms with van der Waals surface area (Å²) in [6.07, 6.45) is 5.20. The van der Waals surface area contributed by atoms with Crippen molar-refractivity contribution in [3.8, 4) is 11.5 Å². The van der Waals surface area contributed by atoms with E-state index in [0.717, 1.165) is 5.56 Å². The predicted octanol–water partition coefficient (Wildman–Crippen LogP) is 2.19. The number of imide groups is 1. The SMILES string of the molecule is O=C1[C@@H]2CC=CC[C@H]2C(=O)N1Cc1nnc(-c2ccccc2)o1. The third-order valence-corrected chi connectivity index (χ3v) is 4.38. The normalized spacial score (nSPS) is 23.4. The Balaban J connectivity index is 1.54. The molecule has 2 heterocycles. The van der Waals surface area contributed by atoms with Crippen LogP contribution in [-0.2, 0) is 16.1 Å². The third kappa shape index (κ3) is 2.36. The van der Waals surface area contributed by atoms with Crippen molar-refractivity contribution in [2.75, 3.05) is 0 Å². The number of likely N-dealkylation sites (tertiary alicyclic amines) is 1. The first kappa shape index (κ1) is 13.9. The molecule has 1 fully saturated rings. The van der Waals surface area contributed by atoms with E-state index >= 15 is 0 Å². The van der Waals surface area contributed by atoms with Crippen LogP contribution in [0.3, 0.4) is 0 Å². The number of carbonyl (C=O) groups excluding carboxylic acids is 2. The molecule has 1 aromatic heterocycles. The number of allylic oxidation sites excluding steroid dienone is 2. The quantitative estimate of drug-likeness (QED) is 0.641. The van der Waals surface area contributed by atoms with E-state index < -0.39 is 0 Å². The van der Waals surface area contributed by atoms with Gasteiger partial charge in [-0.1, -0.05) is 30.4 Å². The maximum atomic E-state index is 12.4. The Hall–Kier alpha value is -2.76. The highest BCUT2D eigenvalue weighted by atomic mass is 16.4. The van der Waals surface area contributed by atoms with Gasteiger partial charge in [0, 0.05) is 5.56 Å². The molecule has 6 heteroatoms. The number of nitrogens with zero attached hydrogens (tertiary/aromatic N) is 3. The molecule has 2 amide bonds. The predicted molar refractivity (Wildman–Crippen MR) is 80.6 cm³/mol. The van der Waals surface area contributed by atoms with Crippen LogP contribution in [0.5, 0.6) is 0 Å². The van der Waals surface area contributed by atoms with Gasteiger partial charge in [0.1, 0.15) is 6.54 Å². The molecule has 2 atom stereocenters. The lowest BCUT2D eigenvalue weighted by Gasteiger charge is -2.14. The highest BCUT2D eigenvalue weighted by Crippen LogP contribution is 2.35. The van der Waals surface area contributed by atoms with Crippen LogP contribution in [0.2, 0.25) is 0 Å². The summed E-state index contributed by atoms with van der Waals surface area (Å²) in [5, 5.41) is 7.95. The van der Waals surface area contributed by atoms with Crippen molar-refractivity contribution in [2.45, 2.75) is 19.4 Å². The number of fused-ring (bicyclic) bond motifs is 1. The maximum absolute atomic E-state index is 12.4. The number of carbonyl (C=O) groups is 2. The molecule has 23 heavy (non-hydrogen) atoms. The Morgan fingerprint density at radius 2 is 1.65 bits per heavy atom. The molecule has 6 nitrogen and oxygen atoms in total. The Labute approximate surface area is 132 Å². The number of hydrogen-bond donors (Lipinski definition) is 0. The molecule has 1 aromatic carbocycles. The van der Waals surface area contributed by atoms with E-state index in [-0.39, 0.29) is 36.1 Å². The van der Waals surface area contributed by atoms with Gasteiger partial charge >= 0.3 is 0 Å². The van der Waals surface area contributed by atoms with Crippen LogP contribution < -0.4 is 0 Å². The highest BCUT2D eigenvalue weighted by Gasteiger charge is 2.47. The van der Waals surface area contributed by atoms with Crippen molar-refractivity contribution < 1.29 is 14.0 Å². The lowest BCUT2D eigenvalue weighted by atomic mass is 9.85. The number of benzene rings is 1. The minimum Gasteiger partial charge on any atom is -0.419 e. The van der Waals surface area contributed by atoms with E-state index in [2.05, 4.69) is 10.2 Å². The van der Waals surface area contributed by atoms with Gasteiger partial charge in [-0.3, -0.25) is 14.5 Å². The number of hydrogen-bond acceptors (Lipinski definition) is 5. The van der Waals surface area contributed by atoms with E-state index in [0.29, 0.717) is 18.7 Å². The summed E-state index contributed by atoms with van der Waals surface area (Å²) >= 11 is 0. The zero-order valence-corrected chi connectivity index (χ0v) is 12.4. The lowest BCUT2D eigenvalue weighted by molar-refractivity contribution is -0.140. The summed E-state index contributed by atoms with van der Waals surface area (Å²) in [4.78, 5) is 26.1. The van der Waals surface area contributed by atoms with E-state index in [1.807, 2.05) is 42.5 Å². The van der Waals surface area contributed by atoms with Crippen molar-refractivity contribution in [2.24, 2.45) is 11.8 Å². The van der Waals surface area contributed by atoms with Crippen LogP contribution in [-0.4, -0.2) is 26.9 Å². The molecular weight excluding hydrogens is 294 g/mol. The molecule has 0 unspecified atom stereocenters. The molecule has 2 aromatic rings. The molecule has 0 radical (unpaired) electrons. The summed E-state index contributed by atoms with van der Waals surface area (Å²) in [5.41, 5.74) is 0.809. The summed E-state index contributed by atoms with van der Waals surface area (Å²) in [6, 6.07) is 9.39. The Morgan fingerprint density at radius 1 is 1.00 bits per heavy atom. The van der Waals surface area contributed by atoms with Crippen LogP contribution in [0.4, 0.5) is 0 Å². The summed E-state index contributed by atoms with van der Waals surface area (Å²) in [6.45, 7) is 0.0461. The number of amides is 2. The molecule has 0 N–H and O–H groups in total. The van der Waals surface area contributed by atoms with Crippen LogP contribution >= 0.6 is 0 Å². The van der Waals surface area contributed by atoms with E-state index in [4.69, 9.17) is 4.42 Å². The van der Waals surface area contributed by atoms with Crippen molar-refractivity contribution in [1.82, 2.24) is 15.1 Å². The molecule has 0 bridgehead atoms. The Morgan fingerprint density at radius 3 is 2.30 bits per heavy atom. The van der Waals surface area contributed by atoms with Gasteiger partial charge in [-0.25, -0.2) is 0 Å². The van der Waals surface area contributed by atoms with Crippen LogP contribution in [0.25, 0.3) is 11.5 Å². The zero-order chi connectivity index (χ0) is 15.8. The fraction of sp³-hybridized carbons (Fsp3) is 0.294. The number of aromatic nitrogens is 2. The molecule has 0 saturated carbocycles. The van der Waals surface area contributed by atoms with Gasteiger partial charge < -0.3 is 4.42 Å². The topological polar surface area (TPSA) is 76.3 Å². The van der Waals surface area contributed by atoms with Crippen LogP contribution in [0.1, 0.15) is 18.7 Å². The zero-order valence-electron chi connectivity index (χ0n) is 12.4. The minimum absolute atomic E-state index is 0.0461. The van der Waals surface area contributed by atoms with Gasteiger partial charge in [-0.15, -0.1) is 10.2 Å². The fourth-order valence-electron chi connectivity index (χ4n) is 3.17. The first-order valence-corrected chi connectivity index (χ1v) is 7.62. The molecule has 2 aliphatic rings. The smallest absolute Gasteiger partial charge is 0.247 e. The van der Waals surface area contributed by atoms with Gasteiger partial charge in [0.2, 0.25) is 23.6 Å². The van der Waals surface area contributed by atoms with Gasteiger partial charge in [0.05, 0.1) is 11.8 Å². The molecule has 0 spiro atoms. The minimum atomic E-state index is -0.232. The van der Waals surface area contributed by atoms with Crippen molar-refractivity contribution >= 4 is 11.8 Å². The summed E-state index contributed by atoms with van der Waals surface area (Å²) in [5.74, 6) is -0.0726. The van der Waals surface area contributed by atoms with Crippen LogP contribution in [0.15, 0.2) is 46.9 Å². The molecule has 1 aliphatic carbocycles. The third-order valence-electron chi connectivity index (χ3n) is 4.38. The van der Waals surface area contributed by atoms with Crippen molar-refractivity contribution in [1.29, 1.82) is 0 Å². The summed E-state index contributed by atoms with van der Waals surface area (Å²) in [7, 11) is 0. The average Bonchev–Trinajstić information content (AvgIpc) is 3.16. The van der Waals surface area contributed by atoms with Crippen molar-refractivity contribution in [3.05, 3.63) is 48.4 Å². The molecular formula is C17H15N3O3. The second-order valence-corrected chi connectivity index (χ2v) is 5.79.